The normalized spacial score (nSPS) is 19.9. The van der Waals surface area contributed by atoms with Crippen molar-refractivity contribution in [1.29, 1.82) is 0 Å². The zero-order valence-electron chi connectivity index (χ0n) is 29.6. The van der Waals surface area contributed by atoms with E-state index < -0.39 is 29.8 Å². The highest BCUT2D eigenvalue weighted by Crippen LogP contribution is 2.50. The summed E-state index contributed by atoms with van der Waals surface area (Å²) in [5, 5.41) is 8.42. The van der Waals surface area contributed by atoms with Gasteiger partial charge in [0.15, 0.2) is 0 Å². The summed E-state index contributed by atoms with van der Waals surface area (Å²) in [6.07, 6.45) is 4.41. The van der Waals surface area contributed by atoms with E-state index in [1.807, 2.05) is 20.9 Å². The molecule has 13 heteroatoms. The standard InChI is InChI=1S/C31H47FN4O5.C4H10N2O/c1-19-18-36(13-12-35(19)4)31(39)29(34-30(38)21(3)41-15-14-40-5)20(2)24-10-11-27(26(32)16-24)33-28(37)17-25(22-6-7-22)23-8-9-23;1-2-6-3-4(5)7/h10-11,16,19-23,25,29H,6-9,12-15,17-18H2,1-5H3,(H,33,37)(H,34,38);6H,2-3H2,1H3,(H2,5,7). The molecule has 1 saturated heterocycles. The van der Waals surface area contributed by atoms with Gasteiger partial charge in [0, 0.05) is 45.1 Å². The van der Waals surface area contributed by atoms with Crippen molar-refractivity contribution < 1.29 is 33.0 Å². The maximum Gasteiger partial charge on any atom is 0.249 e. The summed E-state index contributed by atoms with van der Waals surface area (Å²) in [5.74, 6) is -0.476. The molecule has 4 unspecified atom stereocenters. The number of nitrogens with one attached hydrogen (secondary N) is 3. The number of nitrogens with zero attached hydrogens (tertiary/aromatic N) is 2. The Kier molecular flexibility index (Phi) is 15.7. The van der Waals surface area contributed by atoms with E-state index in [4.69, 9.17) is 15.2 Å². The fraction of sp³-hybridized carbons (Fsp3) is 0.714. The lowest BCUT2D eigenvalue weighted by molar-refractivity contribution is -0.142. The first-order valence-electron chi connectivity index (χ1n) is 17.3. The van der Waals surface area contributed by atoms with E-state index >= 15 is 4.39 Å². The molecule has 4 amide bonds. The molecule has 2 aliphatic carbocycles. The number of methoxy groups -OCH3 is 1. The van der Waals surface area contributed by atoms with Crippen LogP contribution in [0.1, 0.15) is 71.3 Å². The van der Waals surface area contributed by atoms with Gasteiger partial charge >= 0.3 is 0 Å². The van der Waals surface area contributed by atoms with Crippen LogP contribution >= 0.6 is 0 Å². The van der Waals surface area contributed by atoms with Crippen molar-refractivity contribution in [2.24, 2.45) is 23.5 Å². The topological polar surface area (TPSA) is 155 Å². The number of piperazine rings is 1. The summed E-state index contributed by atoms with van der Waals surface area (Å²) in [7, 11) is 3.57. The van der Waals surface area contributed by atoms with Crippen molar-refractivity contribution in [3.63, 3.8) is 0 Å². The smallest absolute Gasteiger partial charge is 0.249 e. The molecule has 12 nitrogen and oxygen atoms in total. The van der Waals surface area contributed by atoms with Crippen LogP contribution in [0.4, 0.5) is 10.1 Å². The lowest BCUT2D eigenvalue weighted by Crippen LogP contribution is -2.58. The van der Waals surface area contributed by atoms with Gasteiger partial charge in [-0.15, -0.1) is 0 Å². The molecular formula is C35H57FN6O6. The predicted molar refractivity (Wildman–Crippen MR) is 183 cm³/mol. The molecule has 1 heterocycles. The molecule has 1 aliphatic heterocycles. The van der Waals surface area contributed by atoms with Gasteiger partial charge in [0.2, 0.25) is 23.6 Å². The van der Waals surface area contributed by atoms with Crippen LogP contribution in [0.15, 0.2) is 18.2 Å². The number of benzene rings is 1. The van der Waals surface area contributed by atoms with Gasteiger partial charge in [0.25, 0.3) is 0 Å². The van der Waals surface area contributed by atoms with E-state index in [1.54, 1.807) is 31.1 Å². The van der Waals surface area contributed by atoms with Crippen LogP contribution in [0, 0.1) is 23.6 Å². The average molecular weight is 677 g/mol. The largest absolute Gasteiger partial charge is 0.382 e. The predicted octanol–water partition coefficient (Wildman–Crippen LogP) is 2.47. The number of anilines is 1. The highest BCUT2D eigenvalue weighted by atomic mass is 19.1. The highest BCUT2D eigenvalue weighted by molar-refractivity contribution is 5.91. The third-order valence-corrected chi connectivity index (χ3v) is 9.58. The van der Waals surface area contributed by atoms with Crippen LogP contribution in [0.5, 0.6) is 0 Å². The molecule has 3 fully saturated rings. The number of carbonyl (C=O) groups is 4. The Bertz CT molecular complexity index is 1220. The second-order valence-electron chi connectivity index (χ2n) is 13.5. The van der Waals surface area contributed by atoms with Gasteiger partial charge in [-0.25, -0.2) is 4.39 Å². The lowest BCUT2D eigenvalue weighted by atomic mass is 9.91. The number of amides is 4. The second kappa shape index (κ2) is 19.2. The summed E-state index contributed by atoms with van der Waals surface area (Å²) in [5.41, 5.74) is 5.47. The number of rotatable bonds is 17. The number of ether oxygens (including phenoxy) is 2. The fourth-order valence-corrected chi connectivity index (χ4v) is 6.04. The molecule has 1 aromatic carbocycles. The number of hydrogen-bond donors (Lipinski definition) is 4. The second-order valence-corrected chi connectivity index (χ2v) is 13.5. The van der Waals surface area contributed by atoms with Crippen molar-refractivity contribution in [2.45, 2.75) is 83.9 Å². The molecule has 5 N–H and O–H groups in total. The molecule has 4 rings (SSSR count). The number of halogens is 1. The first kappa shape index (κ1) is 39.3. The molecule has 0 radical (unpaired) electrons. The summed E-state index contributed by atoms with van der Waals surface area (Å²) < 4.78 is 25.8. The van der Waals surface area contributed by atoms with Crippen LogP contribution in [0.2, 0.25) is 0 Å². The Morgan fingerprint density at radius 1 is 1.06 bits per heavy atom. The van der Waals surface area contributed by atoms with Gasteiger partial charge in [-0.05, 0) is 88.6 Å². The molecule has 4 atom stereocenters. The van der Waals surface area contributed by atoms with Crippen molar-refractivity contribution in [3.8, 4) is 0 Å². The summed E-state index contributed by atoms with van der Waals surface area (Å²) in [6, 6.07) is 3.90. The lowest BCUT2D eigenvalue weighted by Gasteiger charge is -2.40. The van der Waals surface area contributed by atoms with Crippen molar-refractivity contribution in [3.05, 3.63) is 29.6 Å². The Hall–Kier alpha value is -3.13. The highest BCUT2D eigenvalue weighted by Gasteiger charge is 2.42. The number of likely N-dealkylation sites (N-methyl/N-ethyl adjacent to an activating group) is 2. The molecule has 0 spiro atoms. The number of hydrogen-bond acceptors (Lipinski definition) is 8. The molecule has 3 aliphatic rings. The van der Waals surface area contributed by atoms with E-state index in [9.17, 15) is 19.2 Å². The number of carbonyl (C=O) groups excluding carboxylic acids is 4. The number of nitrogens with two attached hydrogens (primary N) is 1. The SMILES string of the molecule is CCNCC(N)=O.COCCOC(C)C(=O)NC(C(=O)N1CCN(C)C(C)C1)C(C)c1ccc(NC(=O)CC(C2CC2)C2CC2)c(F)c1. The Balaban J connectivity index is 0.000000804. The van der Waals surface area contributed by atoms with Crippen molar-refractivity contribution in [1.82, 2.24) is 20.4 Å². The van der Waals surface area contributed by atoms with Gasteiger partial charge in [0.05, 0.1) is 25.4 Å². The molecule has 2 saturated carbocycles. The van der Waals surface area contributed by atoms with Crippen LogP contribution in [-0.4, -0.2) is 112 Å². The quantitative estimate of drug-likeness (QED) is 0.184. The van der Waals surface area contributed by atoms with E-state index in [-0.39, 0.29) is 42.6 Å². The van der Waals surface area contributed by atoms with E-state index in [0.29, 0.717) is 49.4 Å². The third kappa shape index (κ3) is 12.4. The molecule has 1 aromatic rings. The molecule has 48 heavy (non-hydrogen) atoms. The Morgan fingerprint density at radius 2 is 1.73 bits per heavy atom. The van der Waals surface area contributed by atoms with Crippen molar-refractivity contribution >= 4 is 29.3 Å². The fourth-order valence-electron chi connectivity index (χ4n) is 6.04. The van der Waals surface area contributed by atoms with Crippen LogP contribution in [-0.2, 0) is 28.7 Å². The van der Waals surface area contributed by atoms with E-state index in [2.05, 4.69) is 27.8 Å². The van der Waals surface area contributed by atoms with Crippen LogP contribution < -0.4 is 21.7 Å². The average Bonchev–Trinajstić information content (AvgIpc) is 3.98. The zero-order valence-corrected chi connectivity index (χ0v) is 29.6. The van der Waals surface area contributed by atoms with E-state index in [0.717, 1.165) is 13.1 Å². The summed E-state index contributed by atoms with van der Waals surface area (Å²) in [4.78, 5) is 53.5. The maximum atomic E-state index is 15.3. The zero-order chi connectivity index (χ0) is 35.4. The van der Waals surface area contributed by atoms with E-state index in [1.165, 1.54) is 31.7 Å². The third-order valence-electron chi connectivity index (χ3n) is 9.58. The van der Waals surface area contributed by atoms with Gasteiger partial charge in [0.1, 0.15) is 18.0 Å². The van der Waals surface area contributed by atoms with Crippen LogP contribution in [0.25, 0.3) is 0 Å². The maximum absolute atomic E-state index is 15.3. The monoisotopic (exact) mass is 676 g/mol. The summed E-state index contributed by atoms with van der Waals surface area (Å²) in [6.45, 7) is 10.9. The number of primary amides is 1. The minimum absolute atomic E-state index is 0.135. The van der Waals surface area contributed by atoms with Gasteiger partial charge in [-0.3, -0.25) is 19.2 Å². The molecule has 0 bridgehead atoms. The Labute approximate surface area is 285 Å². The Morgan fingerprint density at radius 3 is 2.25 bits per heavy atom. The van der Waals surface area contributed by atoms with Gasteiger partial charge < -0.3 is 41.0 Å². The first-order chi connectivity index (χ1) is 22.9. The minimum Gasteiger partial charge on any atom is -0.382 e. The molecule has 270 valence electrons. The molecular weight excluding hydrogens is 619 g/mol. The minimum atomic E-state index is -0.913. The first-order valence-corrected chi connectivity index (χ1v) is 17.3. The molecule has 0 aromatic heterocycles. The van der Waals surface area contributed by atoms with Gasteiger partial charge in [-0.1, -0.05) is 19.9 Å². The van der Waals surface area contributed by atoms with Crippen molar-refractivity contribution in [2.75, 3.05) is 65.4 Å². The summed E-state index contributed by atoms with van der Waals surface area (Å²) >= 11 is 0. The van der Waals surface area contributed by atoms with Crippen LogP contribution in [0.3, 0.4) is 0 Å². The van der Waals surface area contributed by atoms with Gasteiger partial charge in [-0.2, -0.15) is 0 Å².